The van der Waals surface area contributed by atoms with Crippen molar-refractivity contribution >= 4 is 11.9 Å². The third-order valence-corrected chi connectivity index (χ3v) is 5.03. The fourth-order valence-electron chi connectivity index (χ4n) is 3.16. The Morgan fingerprint density at radius 1 is 0.464 bits per heavy atom. The molecule has 0 saturated carbocycles. The molecule has 0 saturated heterocycles. The normalized spacial score (nSPS) is 10.8. The van der Waals surface area contributed by atoms with Crippen LogP contribution in [0.15, 0.2) is 0 Å². The first-order chi connectivity index (χ1) is 13.7. The summed E-state index contributed by atoms with van der Waals surface area (Å²) in [6, 6.07) is 0. The molecule has 0 fully saturated rings. The Balaban J connectivity index is 3.23. The lowest BCUT2D eigenvalue weighted by Gasteiger charge is -2.06. The molecule has 0 amide bonds. The monoisotopic (exact) mass is 398 g/mol. The summed E-state index contributed by atoms with van der Waals surface area (Å²) in [6.07, 6.45) is 20.1. The zero-order chi connectivity index (χ0) is 20.7. The highest BCUT2D eigenvalue weighted by molar-refractivity contribution is 5.72. The van der Waals surface area contributed by atoms with Gasteiger partial charge in [0.25, 0.3) is 0 Å². The van der Waals surface area contributed by atoms with Crippen molar-refractivity contribution in [1.29, 1.82) is 0 Å². The van der Waals surface area contributed by atoms with Gasteiger partial charge >= 0.3 is 11.9 Å². The standard InChI is InChI=1S/C24H46O4/c1-3-5-7-8-9-10-11-12-13-14-15-16-17-22-28-24(26)20-18-19-23(25)27-21-6-4-2/h3-22H2,1-2H3. The summed E-state index contributed by atoms with van der Waals surface area (Å²) in [7, 11) is 0. The van der Waals surface area contributed by atoms with Gasteiger partial charge < -0.3 is 9.47 Å². The van der Waals surface area contributed by atoms with E-state index in [-0.39, 0.29) is 11.9 Å². The second-order valence-electron chi connectivity index (χ2n) is 7.89. The Labute approximate surface area is 174 Å². The van der Waals surface area contributed by atoms with Crippen LogP contribution in [0, 0.1) is 0 Å². The Morgan fingerprint density at radius 3 is 1.25 bits per heavy atom. The van der Waals surface area contributed by atoms with Gasteiger partial charge in [-0.25, -0.2) is 0 Å². The van der Waals surface area contributed by atoms with E-state index < -0.39 is 0 Å². The Hall–Kier alpha value is -1.06. The van der Waals surface area contributed by atoms with Crippen molar-refractivity contribution in [3.63, 3.8) is 0 Å². The predicted octanol–water partition coefficient (Wildman–Crippen LogP) is 7.13. The molecule has 0 heterocycles. The number of unbranched alkanes of at least 4 members (excludes halogenated alkanes) is 13. The molecule has 0 aromatic rings. The van der Waals surface area contributed by atoms with Gasteiger partial charge in [-0.2, -0.15) is 0 Å². The van der Waals surface area contributed by atoms with Crippen LogP contribution in [0.1, 0.15) is 129 Å². The molecular weight excluding hydrogens is 352 g/mol. The van der Waals surface area contributed by atoms with Gasteiger partial charge in [0.05, 0.1) is 13.2 Å². The molecule has 0 atom stereocenters. The van der Waals surface area contributed by atoms with E-state index in [9.17, 15) is 9.59 Å². The summed E-state index contributed by atoms with van der Waals surface area (Å²) in [5, 5.41) is 0. The zero-order valence-corrected chi connectivity index (χ0v) is 18.8. The van der Waals surface area contributed by atoms with Crippen molar-refractivity contribution in [3.05, 3.63) is 0 Å². The van der Waals surface area contributed by atoms with E-state index in [2.05, 4.69) is 13.8 Å². The van der Waals surface area contributed by atoms with Gasteiger partial charge in [0.1, 0.15) is 0 Å². The summed E-state index contributed by atoms with van der Waals surface area (Å²) >= 11 is 0. The Bertz CT molecular complexity index is 355. The fourth-order valence-corrected chi connectivity index (χ4v) is 3.16. The van der Waals surface area contributed by atoms with Crippen LogP contribution in [0.4, 0.5) is 0 Å². The second-order valence-corrected chi connectivity index (χ2v) is 7.89. The van der Waals surface area contributed by atoms with Gasteiger partial charge in [-0.1, -0.05) is 97.3 Å². The fraction of sp³-hybridized carbons (Fsp3) is 0.917. The number of hydrogen-bond acceptors (Lipinski definition) is 4. The lowest BCUT2D eigenvalue weighted by atomic mass is 10.0. The van der Waals surface area contributed by atoms with Crippen LogP contribution in [0.2, 0.25) is 0 Å². The van der Waals surface area contributed by atoms with Gasteiger partial charge in [0, 0.05) is 12.8 Å². The predicted molar refractivity (Wildman–Crippen MR) is 116 cm³/mol. The molecule has 0 N–H and O–H groups in total. The Kier molecular flexibility index (Phi) is 21.4. The maximum atomic E-state index is 11.6. The summed E-state index contributed by atoms with van der Waals surface area (Å²) in [6.45, 7) is 5.32. The van der Waals surface area contributed by atoms with Crippen molar-refractivity contribution in [1.82, 2.24) is 0 Å². The molecule has 0 aliphatic rings. The molecule has 166 valence electrons. The van der Waals surface area contributed by atoms with Crippen LogP contribution in [0.3, 0.4) is 0 Å². The third kappa shape index (κ3) is 21.2. The SMILES string of the molecule is CCCCCCCCCCCCCCCOC(=O)CCCC(=O)OCCCC. The van der Waals surface area contributed by atoms with E-state index in [0.717, 1.165) is 25.7 Å². The zero-order valence-electron chi connectivity index (χ0n) is 18.8. The smallest absolute Gasteiger partial charge is 0.305 e. The van der Waals surface area contributed by atoms with E-state index in [4.69, 9.17) is 9.47 Å². The first-order valence-corrected chi connectivity index (χ1v) is 12.0. The molecule has 0 aromatic carbocycles. The third-order valence-electron chi connectivity index (χ3n) is 5.03. The van der Waals surface area contributed by atoms with Crippen LogP contribution >= 0.6 is 0 Å². The van der Waals surface area contributed by atoms with Crippen LogP contribution in [0.25, 0.3) is 0 Å². The van der Waals surface area contributed by atoms with Crippen molar-refractivity contribution < 1.29 is 19.1 Å². The average molecular weight is 399 g/mol. The van der Waals surface area contributed by atoms with Gasteiger partial charge in [-0.05, 0) is 19.3 Å². The van der Waals surface area contributed by atoms with Crippen LogP contribution in [-0.2, 0) is 19.1 Å². The number of rotatable bonds is 21. The van der Waals surface area contributed by atoms with Crippen molar-refractivity contribution in [2.24, 2.45) is 0 Å². The van der Waals surface area contributed by atoms with E-state index in [1.54, 1.807) is 0 Å². The second kappa shape index (κ2) is 22.2. The summed E-state index contributed by atoms with van der Waals surface area (Å²) in [4.78, 5) is 23.1. The number of ether oxygens (including phenoxy) is 2. The molecule has 0 bridgehead atoms. The first-order valence-electron chi connectivity index (χ1n) is 12.0. The molecular formula is C24H46O4. The van der Waals surface area contributed by atoms with E-state index in [0.29, 0.717) is 32.5 Å². The molecule has 0 aliphatic heterocycles. The average Bonchev–Trinajstić information content (AvgIpc) is 2.68. The molecule has 0 radical (unpaired) electrons. The summed E-state index contributed by atoms with van der Waals surface area (Å²) in [5.74, 6) is -0.405. The minimum atomic E-state index is -0.210. The highest BCUT2D eigenvalue weighted by Crippen LogP contribution is 2.12. The minimum absolute atomic E-state index is 0.194. The topological polar surface area (TPSA) is 52.6 Å². The number of carbonyl (C=O) groups excluding carboxylic acids is 2. The maximum absolute atomic E-state index is 11.6. The number of carbonyl (C=O) groups is 2. The minimum Gasteiger partial charge on any atom is -0.466 e. The van der Waals surface area contributed by atoms with Crippen LogP contribution in [0.5, 0.6) is 0 Å². The molecule has 28 heavy (non-hydrogen) atoms. The highest BCUT2D eigenvalue weighted by Gasteiger charge is 2.07. The summed E-state index contributed by atoms with van der Waals surface area (Å²) in [5.41, 5.74) is 0. The van der Waals surface area contributed by atoms with Gasteiger partial charge in [0.2, 0.25) is 0 Å². The van der Waals surface area contributed by atoms with Gasteiger partial charge in [-0.15, -0.1) is 0 Å². The number of hydrogen-bond donors (Lipinski definition) is 0. The van der Waals surface area contributed by atoms with Crippen LogP contribution < -0.4 is 0 Å². The molecule has 0 spiro atoms. The quantitative estimate of drug-likeness (QED) is 0.152. The number of esters is 2. The lowest BCUT2D eigenvalue weighted by molar-refractivity contribution is -0.145. The van der Waals surface area contributed by atoms with Crippen LogP contribution in [-0.4, -0.2) is 25.2 Å². The maximum Gasteiger partial charge on any atom is 0.305 e. The van der Waals surface area contributed by atoms with E-state index in [1.807, 2.05) is 0 Å². The molecule has 0 rings (SSSR count). The van der Waals surface area contributed by atoms with Crippen molar-refractivity contribution in [2.45, 2.75) is 129 Å². The molecule has 4 nitrogen and oxygen atoms in total. The Morgan fingerprint density at radius 2 is 0.821 bits per heavy atom. The van der Waals surface area contributed by atoms with Gasteiger partial charge in [-0.3, -0.25) is 9.59 Å². The van der Waals surface area contributed by atoms with Crippen molar-refractivity contribution in [3.8, 4) is 0 Å². The molecule has 0 aromatic heterocycles. The van der Waals surface area contributed by atoms with E-state index >= 15 is 0 Å². The summed E-state index contributed by atoms with van der Waals surface area (Å²) < 4.78 is 10.3. The van der Waals surface area contributed by atoms with Crippen molar-refractivity contribution in [2.75, 3.05) is 13.2 Å². The van der Waals surface area contributed by atoms with Gasteiger partial charge in [0.15, 0.2) is 0 Å². The molecule has 0 aliphatic carbocycles. The lowest BCUT2D eigenvalue weighted by Crippen LogP contribution is -2.09. The first kappa shape index (κ1) is 26.9. The molecule has 0 unspecified atom stereocenters. The largest absolute Gasteiger partial charge is 0.466 e. The molecule has 4 heteroatoms. The van der Waals surface area contributed by atoms with E-state index in [1.165, 1.54) is 70.6 Å². The highest BCUT2D eigenvalue weighted by atomic mass is 16.5.